The molecule has 2 unspecified atom stereocenters. The quantitative estimate of drug-likeness (QED) is 0.0334. The zero-order chi connectivity index (χ0) is 86.0. The number of hydrogen-bond donors (Lipinski definition) is 0. The van der Waals surface area contributed by atoms with Crippen LogP contribution in [-0.2, 0) is 16.2 Å². The minimum atomic E-state index is -0.0341. The van der Waals surface area contributed by atoms with Gasteiger partial charge in [0.15, 0.2) is 0 Å². The van der Waals surface area contributed by atoms with E-state index >= 15 is 0 Å². The first-order valence-electron chi connectivity index (χ1n) is 49.5. The Hall–Kier alpha value is -7.44. The third-order valence-electron chi connectivity index (χ3n) is 28.5. The Morgan fingerprint density at radius 1 is 0.228 bits per heavy atom. The molecular weight excluding hydrogens is 1560 g/mol. The van der Waals surface area contributed by atoms with Crippen LogP contribution in [0.5, 0.6) is 0 Å². The zero-order valence-corrected chi connectivity index (χ0v) is 81.2. The van der Waals surface area contributed by atoms with Crippen LogP contribution in [0.4, 0.5) is 0 Å². The van der Waals surface area contributed by atoms with Crippen LogP contribution >= 0.6 is 45.3 Å². The number of fused-ring (bicyclic) bond motifs is 9. The summed E-state index contributed by atoms with van der Waals surface area (Å²) in [6, 6.07) is 84.0. The van der Waals surface area contributed by atoms with Crippen molar-refractivity contribution >= 4 is 45.3 Å². The summed E-state index contributed by atoms with van der Waals surface area (Å²) in [4.78, 5) is 11.8. The molecular formula is C119H150S4. The van der Waals surface area contributed by atoms with Crippen LogP contribution in [0.1, 0.15) is 353 Å². The summed E-state index contributed by atoms with van der Waals surface area (Å²) < 4.78 is 0. The fraction of sp³-hybridized carbons (Fsp3) is 0.462. The summed E-state index contributed by atoms with van der Waals surface area (Å²) in [6.07, 6.45) is 51.1. The monoisotopic (exact) mass is 1710 g/mol. The van der Waals surface area contributed by atoms with E-state index in [0.29, 0.717) is 17.3 Å². The Balaban J connectivity index is 0.000000166. The number of rotatable bonds is 46. The normalized spacial score (nSPS) is 13.9. The SMILES string of the molecule is CCCCC(CC)CC1(CC(CC)CCCC)c2cc(-c3cccc(-c4ccccc4)c3)ccc2-c2ccc(-c3cccc(-c4ccccc4)c3)cc21.CCCCCCCCC1(CCCCCCCC)c2cc(C)ccc2-c2ccc(-c3ccc(-c4ccc(C)s4)s3)cc21.CCCCCCCCC1(CCCCCCCC)c2cc(C)sc2-c2sc(C)cc21. The summed E-state index contributed by atoms with van der Waals surface area (Å²) in [5.41, 5.74) is 29.2. The van der Waals surface area contributed by atoms with E-state index in [1.807, 2.05) is 45.3 Å². The highest BCUT2D eigenvalue weighted by atomic mass is 32.1. The van der Waals surface area contributed by atoms with E-state index in [0.717, 1.165) is 0 Å². The summed E-state index contributed by atoms with van der Waals surface area (Å²) >= 11 is 7.95. The summed E-state index contributed by atoms with van der Waals surface area (Å²) in [7, 11) is 0. The van der Waals surface area contributed by atoms with Gasteiger partial charge in [-0.25, -0.2) is 0 Å². The van der Waals surface area contributed by atoms with E-state index < -0.39 is 0 Å². The van der Waals surface area contributed by atoms with Crippen LogP contribution in [0.25, 0.3) is 96.7 Å². The molecule has 0 radical (unpaired) electrons. The van der Waals surface area contributed by atoms with Crippen molar-refractivity contribution in [2.45, 2.75) is 343 Å². The summed E-state index contributed by atoms with van der Waals surface area (Å²) in [6.45, 7) is 28.0. The molecule has 4 heteroatoms. The van der Waals surface area contributed by atoms with E-state index in [-0.39, 0.29) is 10.8 Å². The van der Waals surface area contributed by atoms with Gasteiger partial charge in [0.2, 0.25) is 0 Å². The Kier molecular flexibility index (Phi) is 35.1. The topological polar surface area (TPSA) is 0 Å². The van der Waals surface area contributed by atoms with Crippen molar-refractivity contribution in [3.8, 4) is 96.7 Å². The lowest BCUT2D eigenvalue weighted by molar-refractivity contribution is 0.266. The minimum Gasteiger partial charge on any atom is -0.140 e. The Bertz CT molecular complexity index is 4980. The molecule has 0 aliphatic heterocycles. The van der Waals surface area contributed by atoms with Crippen LogP contribution in [0.2, 0.25) is 0 Å². The minimum absolute atomic E-state index is 0.0341. The molecule has 2 atom stereocenters. The average Bonchev–Trinajstić information content (AvgIpc) is 1.57. The van der Waals surface area contributed by atoms with Gasteiger partial charge in [-0.3, -0.25) is 0 Å². The van der Waals surface area contributed by atoms with Crippen molar-refractivity contribution in [3.63, 3.8) is 0 Å². The fourth-order valence-corrected chi connectivity index (χ4v) is 25.9. The second-order valence-electron chi connectivity index (χ2n) is 37.6. The maximum atomic E-state index is 2.62. The van der Waals surface area contributed by atoms with Crippen molar-refractivity contribution in [2.24, 2.45) is 11.8 Å². The Morgan fingerprint density at radius 3 is 0.959 bits per heavy atom. The van der Waals surface area contributed by atoms with Gasteiger partial charge in [-0.05, 0) is 250 Å². The molecule has 12 aromatic rings. The van der Waals surface area contributed by atoms with Crippen molar-refractivity contribution in [2.75, 3.05) is 0 Å². The van der Waals surface area contributed by atoms with E-state index in [1.54, 1.807) is 43.1 Å². The van der Waals surface area contributed by atoms with E-state index in [2.05, 4.69) is 301 Å². The zero-order valence-electron chi connectivity index (χ0n) is 77.9. The molecule has 8 aromatic carbocycles. The largest absolute Gasteiger partial charge is 0.140 e. The van der Waals surface area contributed by atoms with E-state index in [9.17, 15) is 0 Å². The molecule has 0 N–H and O–H groups in total. The number of aryl methyl sites for hydroxylation is 4. The van der Waals surface area contributed by atoms with Crippen molar-refractivity contribution in [3.05, 3.63) is 272 Å². The molecule has 0 amide bonds. The van der Waals surface area contributed by atoms with E-state index in [4.69, 9.17) is 0 Å². The van der Waals surface area contributed by atoms with Gasteiger partial charge in [-0.15, -0.1) is 45.3 Å². The van der Waals surface area contributed by atoms with Crippen LogP contribution < -0.4 is 0 Å². The van der Waals surface area contributed by atoms with Crippen molar-refractivity contribution < 1.29 is 0 Å². The van der Waals surface area contributed by atoms with Crippen LogP contribution in [0.3, 0.4) is 0 Å². The first kappa shape index (κ1) is 93.2. The van der Waals surface area contributed by atoms with Gasteiger partial charge in [-0.1, -0.05) is 418 Å². The second-order valence-corrected chi connectivity index (χ2v) is 42.4. The maximum Gasteiger partial charge on any atom is 0.0489 e. The van der Waals surface area contributed by atoms with E-state index in [1.165, 1.54) is 351 Å². The third-order valence-corrected chi connectivity index (χ3v) is 33.1. The maximum absolute atomic E-state index is 2.62. The van der Waals surface area contributed by atoms with Gasteiger partial charge in [0.05, 0.1) is 0 Å². The van der Waals surface area contributed by atoms with Gasteiger partial charge >= 0.3 is 0 Å². The van der Waals surface area contributed by atoms with Gasteiger partial charge in [-0.2, -0.15) is 0 Å². The highest BCUT2D eigenvalue weighted by Gasteiger charge is 2.48. The lowest BCUT2D eigenvalue weighted by Crippen LogP contribution is -2.31. The standard InChI is InChI=1S/C53H58.C39H50S2.C27H42S2/c1-5-9-19-39(7-3)37-53(38-40(8-4)20-10-6-2)51-35-47(45-27-17-25-43(33-45)41-21-13-11-14-22-41)29-31-49(51)50-32-30-48(36-52(50)53)46-28-18-26-44(34-46)42-23-15-12-16-24-42;1-5-7-9-11-13-15-25-39(26-16-14-12-10-8-6-2)34-27-29(3)17-20-32(34)33-21-19-31(28-35(33)39)36-23-24-38(41-36)37-22-18-30(4)40-37;1-5-7-9-11-13-15-17-27(18-16-14-12-10-8-6-2)23-19-21(3)28-25(23)26-24(27)20-22(4)29-26/h11-18,21-36,39-40H,5-10,19-20,37-38H2,1-4H3;17-24,27-28H,5-16,25-26H2,1-4H3;19-20H,5-18H2,1-4H3. The number of benzene rings is 8. The predicted molar refractivity (Wildman–Crippen MR) is 549 cm³/mol. The molecule has 123 heavy (non-hydrogen) atoms. The summed E-state index contributed by atoms with van der Waals surface area (Å²) in [5, 5.41) is 0. The number of thiophene rings is 4. The number of unbranched alkanes of at least 4 members (excludes halogenated alkanes) is 22. The molecule has 0 fully saturated rings. The molecule has 4 heterocycles. The molecule has 0 nitrogen and oxygen atoms in total. The molecule has 15 rings (SSSR count). The molecule has 3 aliphatic carbocycles. The smallest absolute Gasteiger partial charge is 0.0489 e. The molecule has 0 saturated heterocycles. The highest BCUT2D eigenvalue weighted by molar-refractivity contribution is 7.24. The molecule has 3 aliphatic rings. The highest BCUT2D eigenvalue weighted by Crippen LogP contribution is 2.62. The first-order chi connectivity index (χ1) is 60.2. The molecule has 0 bridgehead atoms. The van der Waals surface area contributed by atoms with Crippen LogP contribution in [-0.4, -0.2) is 0 Å². The average molecular weight is 1710 g/mol. The lowest BCUT2D eigenvalue weighted by Gasteiger charge is -2.39. The van der Waals surface area contributed by atoms with Crippen molar-refractivity contribution in [1.82, 2.24) is 0 Å². The molecule has 0 spiro atoms. The van der Waals surface area contributed by atoms with Crippen LogP contribution in [0.15, 0.2) is 218 Å². The lowest BCUT2D eigenvalue weighted by atomic mass is 9.64. The molecule has 650 valence electrons. The Labute approximate surface area is 763 Å². The molecule has 4 aromatic heterocycles. The van der Waals surface area contributed by atoms with Gasteiger partial charge in [0, 0.05) is 55.3 Å². The third kappa shape index (κ3) is 22.8. The van der Waals surface area contributed by atoms with Gasteiger partial charge in [0.1, 0.15) is 0 Å². The van der Waals surface area contributed by atoms with Gasteiger partial charge < -0.3 is 0 Å². The second kappa shape index (κ2) is 46.3. The summed E-state index contributed by atoms with van der Waals surface area (Å²) in [5.74, 6) is 1.38. The van der Waals surface area contributed by atoms with Crippen LogP contribution in [0, 0.1) is 39.5 Å². The predicted octanol–water partition coefficient (Wildman–Crippen LogP) is 39.6. The van der Waals surface area contributed by atoms with Gasteiger partial charge in [0.25, 0.3) is 0 Å². The fourth-order valence-electron chi connectivity index (χ4n) is 21.6. The Morgan fingerprint density at radius 2 is 0.553 bits per heavy atom. The molecule has 0 saturated carbocycles. The first-order valence-corrected chi connectivity index (χ1v) is 52.8. The van der Waals surface area contributed by atoms with Crippen molar-refractivity contribution in [1.29, 1.82) is 0 Å². The number of hydrogen-bond acceptors (Lipinski definition) is 4.